The van der Waals surface area contributed by atoms with Gasteiger partial charge in [0.2, 0.25) is 5.91 Å². The zero-order chi connectivity index (χ0) is 21.6. The Hall–Kier alpha value is -2.86. The third-order valence-corrected chi connectivity index (χ3v) is 6.20. The summed E-state index contributed by atoms with van der Waals surface area (Å²) in [6.07, 6.45) is 5.52. The molecule has 164 valence electrons. The third kappa shape index (κ3) is 5.64. The van der Waals surface area contributed by atoms with Gasteiger partial charge in [0.25, 0.3) is 0 Å². The van der Waals surface area contributed by atoms with Crippen molar-refractivity contribution in [2.24, 2.45) is 11.7 Å². The van der Waals surface area contributed by atoms with Gasteiger partial charge in [0.15, 0.2) is 0 Å². The van der Waals surface area contributed by atoms with E-state index in [4.69, 9.17) is 10.5 Å². The lowest BCUT2D eigenvalue weighted by molar-refractivity contribution is -0.136. The van der Waals surface area contributed by atoms with Crippen LogP contribution in [0.1, 0.15) is 49.7 Å². The van der Waals surface area contributed by atoms with Crippen LogP contribution in [0.25, 0.3) is 0 Å². The van der Waals surface area contributed by atoms with Crippen molar-refractivity contribution in [3.8, 4) is 0 Å². The third-order valence-electron chi connectivity index (χ3n) is 6.20. The van der Waals surface area contributed by atoms with Gasteiger partial charge in [-0.3, -0.25) is 10.1 Å². The van der Waals surface area contributed by atoms with Crippen molar-refractivity contribution < 1.29 is 14.3 Å². The fourth-order valence-corrected chi connectivity index (χ4v) is 4.28. The first kappa shape index (κ1) is 21.4. The minimum absolute atomic E-state index is 0.00686. The summed E-state index contributed by atoms with van der Waals surface area (Å²) < 4.78 is 5.37. The predicted octanol–water partition coefficient (Wildman–Crippen LogP) is 4.44. The van der Waals surface area contributed by atoms with Gasteiger partial charge in [0.05, 0.1) is 0 Å². The monoisotopic (exact) mass is 421 g/mol. The number of hydrogen-bond donors (Lipinski definition) is 2. The van der Waals surface area contributed by atoms with E-state index >= 15 is 0 Å². The van der Waals surface area contributed by atoms with E-state index in [1.807, 2.05) is 59.5 Å². The molecule has 0 heterocycles. The van der Waals surface area contributed by atoms with Gasteiger partial charge in [-0.25, -0.2) is 4.79 Å². The number of ether oxygens (including phenoxy) is 1. The molecule has 6 nitrogen and oxygen atoms in total. The van der Waals surface area contributed by atoms with Crippen molar-refractivity contribution in [1.82, 2.24) is 4.90 Å². The molecule has 0 bridgehead atoms. The van der Waals surface area contributed by atoms with E-state index in [-0.39, 0.29) is 30.5 Å². The van der Waals surface area contributed by atoms with Crippen LogP contribution in [0.4, 0.5) is 10.5 Å². The van der Waals surface area contributed by atoms with Gasteiger partial charge in [-0.1, -0.05) is 61.4 Å². The number of carbonyl (C=O) groups is 2. The maximum Gasteiger partial charge on any atom is 0.411 e. The number of nitrogens with zero attached hydrogens (tertiary/aromatic N) is 1. The molecule has 2 amide bonds. The molecule has 2 unspecified atom stereocenters. The Morgan fingerprint density at radius 3 is 2.42 bits per heavy atom. The van der Waals surface area contributed by atoms with Crippen LogP contribution in [-0.4, -0.2) is 29.0 Å². The molecule has 4 rings (SSSR count). The summed E-state index contributed by atoms with van der Waals surface area (Å²) in [6.45, 7) is 0.654. The smallest absolute Gasteiger partial charge is 0.411 e. The summed E-state index contributed by atoms with van der Waals surface area (Å²) in [7, 11) is 0. The van der Waals surface area contributed by atoms with E-state index in [9.17, 15) is 9.59 Å². The van der Waals surface area contributed by atoms with Crippen LogP contribution in [0.3, 0.4) is 0 Å². The zero-order valence-electron chi connectivity index (χ0n) is 17.8. The summed E-state index contributed by atoms with van der Waals surface area (Å²) in [5.41, 5.74) is 8.91. The molecule has 3 N–H and O–H groups in total. The minimum atomic E-state index is -0.509. The number of amides is 2. The molecule has 0 radical (unpaired) electrons. The first-order valence-electron chi connectivity index (χ1n) is 11.2. The van der Waals surface area contributed by atoms with Crippen LogP contribution in [0.5, 0.6) is 0 Å². The molecule has 2 aliphatic rings. The van der Waals surface area contributed by atoms with Gasteiger partial charge < -0.3 is 15.4 Å². The number of nitrogens with one attached hydrogen (secondary N) is 1. The average molecular weight is 422 g/mol. The Balaban J connectivity index is 1.45. The van der Waals surface area contributed by atoms with Crippen molar-refractivity contribution >= 4 is 17.7 Å². The van der Waals surface area contributed by atoms with Crippen molar-refractivity contribution in [3.05, 3.63) is 65.7 Å². The van der Waals surface area contributed by atoms with Crippen LogP contribution < -0.4 is 11.1 Å². The second-order valence-corrected chi connectivity index (χ2v) is 8.60. The lowest BCUT2D eigenvalue weighted by Crippen LogP contribution is -2.52. The summed E-state index contributed by atoms with van der Waals surface area (Å²) in [6, 6.07) is 17.2. The maximum absolute atomic E-state index is 13.1. The number of hydrogen-bond acceptors (Lipinski definition) is 4. The lowest BCUT2D eigenvalue weighted by Gasteiger charge is -2.39. The van der Waals surface area contributed by atoms with Gasteiger partial charge in [-0.2, -0.15) is 0 Å². The molecule has 2 atom stereocenters. The number of para-hydroxylation sites is 1. The van der Waals surface area contributed by atoms with Crippen molar-refractivity contribution in [3.63, 3.8) is 0 Å². The molecule has 2 saturated carbocycles. The molecule has 0 saturated heterocycles. The van der Waals surface area contributed by atoms with Crippen molar-refractivity contribution in [2.45, 2.75) is 63.8 Å². The standard InChI is InChI=1S/C25H31N3O3/c26-21-11-5-7-13-23(21)28(24(29)19-14-15-19)16-20-10-4-6-12-22(20)27-25(30)31-17-18-8-2-1-3-9-18/h1-4,6,8-10,12,19,21,23H,5,7,11,13-17,26H2,(H,27,30). The Morgan fingerprint density at radius 2 is 1.68 bits per heavy atom. The normalized spacial score (nSPS) is 20.7. The molecule has 31 heavy (non-hydrogen) atoms. The first-order chi connectivity index (χ1) is 15.1. The van der Waals surface area contributed by atoms with Gasteiger partial charge >= 0.3 is 6.09 Å². The molecule has 2 aliphatic carbocycles. The Morgan fingerprint density at radius 1 is 0.968 bits per heavy atom. The van der Waals surface area contributed by atoms with Gasteiger partial charge in [-0.05, 0) is 42.9 Å². The largest absolute Gasteiger partial charge is 0.444 e. The van der Waals surface area contributed by atoms with Crippen LogP contribution >= 0.6 is 0 Å². The highest BCUT2D eigenvalue weighted by Crippen LogP contribution is 2.35. The SMILES string of the molecule is NC1CCCCC1N(Cc1ccccc1NC(=O)OCc1ccccc1)C(=O)C1CC1. The zero-order valence-corrected chi connectivity index (χ0v) is 17.8. The molecule has 6 heteroatoms. The number of anilines is 1. The van der Waals surface area contributed by atoms with E-state index in [0.29, 0.717) is 12.2 Å². The number of benzene rings is 2. The van der Waals surface area contributed by atoms with Crippen LogP contribution in [0.2, 0.25) is 0 Å². The van der Waals surface area contributed by atoms with Crippen LogP contribution in [0, 0.1) is 5.92 Å². The lowest BCUT2D eigenvalue weighted by atomic mass is 9.89. The van der Waals surface area contributed by atoms with E-state index in [1.54, 1.807) is 0 Å². The highest BCUT2D eigenvalue weighted by molar-refractivity contribution is 5.86. The summed E-state index contributed by atoms with van der Waals surface area (Å²) in [4.78, 5) is 27.5. The second kappa shape index (κ2) is 9.96. The van der Waals surface area contributed by atoms with E-state index in [2.05, 4.69) is 5.32 Å². The predicted molar refractivity (Wildman–Crippen MR) is 120 cm³/mol. The summed E-state index contributed by atoms with van der Waals surface area (Å²) in [5, 5.41) is 2.85. The molecule has 0 aromatic heterocycles. The highest BCUT2D eigenvalue weighted by atomic mass is 16.5. The van der Waals surface area contributed by atoms with Crippen LogP contribution in [0.15, 0.2) is 54.6 Å². The Bertz CT molecular complexity index is 898. The fourth-order valence-electron chi connectivity index (χ4n) is 4.28. The fraction of sp³-hybridized carbons (Fsp3) is 0.440. The molecule has 0 aliphatic heterocycles. The molecular weight excluding hydrogens is 390 g/mol. The van der Waals surface area contributed by atoms with E-state index in [0.717, 1.165) is 49.7 Å². The Kier molecular flexibility index (Phi) is 6.87. The molecule has 2 fully saturated rings. The highest BCUT2D eigenvalue weighted by Gasteiger charge is 2.39. The van der Waals surface area contributed by atoms with E-state index in [1.165, 1.54) is 0 Å². The summed E-state index contributed by atoms with van der Waals surface area (Å²) >= 11 is 0. The van der Waals surface area contributed by atoms with Gasteiger partial charge in [-0.15, -0.1) is 0 Å². The van der Waals surface area contributed by atoms with E-state index < -0.39 is 6.09 Å². The van der Waals surface area contributed by atoms with Gasteiger partial charge in [0, 0.05) is 30.2 Å². The van der Waals surface area contributed by atoms with Crippen molar-refractivity contribution in [1.29, 1.82) is 0 Å². The number of carbonyl (C=O) groups excluding carboxylic acids is 2. The molecule has 2 aromatic carbocycles. The topological polar surface area (TPSA) is 84.7 Å². The van der Waals surface area contributed by atoms with Crippen LogP contribution in [-0.2, 0) is 22.7 Å². The first-order valence-corrected chi connectivity index (χ1v) is 11.2. The number of rotatable bonds is 7. The van der Waals surface area contributed by atoms with Crippen molar-refractivity contribution in [2.75, 3.05) is 5.32 Å². The second-order valence-electron chi connectivity index (χ2n) is 8.60. The Labute approximate surface area is 183 Å². The quantitative estimate of drug-likeness (QED) is 0.692. The maximum atomic E-state index is 13.1. The number of nitrogens with two attached hydrogens (primary N) is 1. The summed E-state index contributed by atoms with van der Waals surface area (Å²) in [5.74, 6) is 0.328. The average Bonchev–Trinajstić information content (AvgIpc) is 3.64. The minimum Gasteiger partial charge on any atom is -0.444 e. The van der Waals surface area contributed by atoms with Gasteiger partial charge in [0.1, 0.15) is 6.61 Å². The molecule has 0 spiro atoms. The molecular formula is C25H31N3O3. The molecule has 2 aromatic rings.